The molecule has 0 aliphatic heterocycles. The number of anilines is 3. The Morgan fingerprint density at radius 1 is 1.12 bits per heavy atom. The number of benzene rings is 2. The molecule has 16 heteroatoms. The first-order chi connectivity index (χ1) is 19.1. The number of rotatable bonds is 9. The number of carbonyl (C=O) groups is 2. The molecule has 0 unspecified atom stereocenters. The Balaban J connectivity index is 1.93. The molecule has 222 valence electrons. The second-order valence-corrected chi connectivity index (χ2v) is 12.6. The first-order valence-electron chi connectivity index (χ1n) is 11.9. The fourth-order valence-corrected chi connectivity index (χ4v) is 5.40. The summed E-state index contributed by atoms with van der Waals surface area (Å²) in [6, 6.07) is 4.80. The van der Waals surface area contributed by atoms with Gasteiger partial charge in [-0.1, -0.05) is 11.6 Å². The average molecular weight is 632 g/mol. The Labute approximate surface area is 245 Å². The predicted octanol–water partition coefficient (Wildman–Crippen LogP) is 5.60. The van der Waals surface area contributed by atoms with E-state index in [9.17, 15) is 22.4 Å². The Morgan fingerprint density at radius 2 is 1.83 bits per heavy atom. The van der Waals surface area contributed by atoms with Crippen LogP contribution in [0.25, 0.3) is 0 Å². The Hall–Kier alpha value is -3.53. The molecule has 0 aliphatic carbocycles. The monoisotopic (exact) mass is 631 g/mol. The van der Waals surface area contributed by atoms with Crippen molar-refractivity contribution in [3.8, 4) is 5.75 Å². The maximum atomic E-state index is 15.4. The SMILES string of the molecule is CN(C)CCNC(=O)Oc1cc(F)ccc1Nc1cc(F)c(S(=O)(=O)N(C(=O)OC(C)(C)C)c2cscn2)cc1Cl. The molecule has 3 aromatic rings. The van der Waals surface area contributed by atoms with Gasteiger partial charge in [-0.3, -0.25) is 0 Å². The second-order valence-electron chi connectivity index (χ2n) is 9.74. The van der Waals surface area contributed by atoms with Crippen LogP contribution in [0.3, 0.4) is 0 Å². The van der Waals surface area contributed by atoms with Crippen LogP contribution in [0.4, 0.5) is 35.6 Å². The predicted molar refractivity (Wildman–Crippen MR) is 152 cm³/mol. The summed E-state index contributed by atoms with van der Waals surface area (Å²) in [5.41, 5.74) is 0.126. The van der Waals surface area contributed by atoms with Crippen LogP contribution in [0.2, 0.25) is 5.02 Å². The maximum absolute atomic E-state index is 15.4. The molecule has 0 saturated heterocycles. The van der Waals surface area contributed by atoms with Gasteiger partial charge in [-0.15, -0.1) is 15.6 Å². The normalized spacial score (nSPS) is 11.7. The van der Waals surface area contributed by atoms with Gasteiger partial charge in [0.25, 0.3) is 10.0 Å². The summed E-state index contributed by atoms with van der Waals surface area (Å²) in [5, 5.41) is 6.23. The highest BCUT2D eigenvalue weighted by Crippen LogP contribution is 2.36. The number of nitrogens with one attached hydrogen (secondary N) is 2. The summed E-state index contributed by atoms with van der Waals surface area (Å²) in [5.74, 6) is -2.51. The van der Waals surface area contributed by atoms with Crippen LogP contribution in [0.5, 0.6) is 5.75 Å². The van der Waals surface area contributed by atoms with E-state index in [1.807, 2.05) is 19.0 Å². The average Bonchev–Trinajstić information content (AvgIpc) is 3.35. The highest BCUT2D eigenvalue weighted by molar-refractivity contribution is 7.93. The fraction of sp³-hybridized carbons (Fsp3) is 0.320. The number of likely N-dealkylation sites (N-methyl/N-ethyl adjacent to an activating group) is 1. The van der Waals surface area contributed by atoms with E-state index >= 15 is 4.39 Å². The zero-order valence-electron chi connectivity index (χ0n) is 22.7. The van der Waals surface area contributed by atoms with Crippen molar-refractivity contribution in [2.45, 2.75) is 31.3 Å². The molecule has 2 amide bonds. The first-order valence-corrected chi connectivity index (χ1v) is 14.7. The van der Waals surface area contributed by atoms with Crippen molar-refractivity contribution in [2.75, 3.05) is 36.8 Å². The zero-order valence-corrected chi connectivity index (χ0v) is 25.1. The number of amides is 2. The van der Waals surface area contributed by atoms with Gasteiger partial charge >= 0.3 is 12.2 Å². The van der Waals surface area contributed by atoms with E-state index in [1.165, 1.54) is 37.7 Å². The lowest BCUT2D eigenvalue weighted by Gasteiger charge is -2.26. The van der Waals surface area contributed by atoms with Crippen molar-refractivity contribution in [2.24, 2.45) is 0 Å². The smallest absolute Gasteiger partial charge is 0.430 e. The van der Waals surface area contributed by atoms with Crippen molar-refractivity contribution in [1.82, 2.24) is 15.2 Å². The van der Waals surface area contributed by atoms with Gasteiger partial charge in [0.15, 0.2) is 11.6 Å². The highest BCUT2D eigenvalue weighted by Gasteiger charge is 2.38. The molecule has 0 aliphatic rings. The van der Waals surface area contributed by atoms with Gasteiger partial charge in [0.2, 0.25) is 0 Å². The largest absolute Gasteiger partial charge is 0.443 e. The van der Waals surface area contributed by atoms with Crippen LogP contribution in [0, 0.1) is 11.6 Å². The van der Waals surface area contributed by atoms with E-state index in [4.69, 9.17) is 21.1 Å². The van der Waals surface area contributed by atoms with Gasteiger partial charge in [-0.05, 0) is 53.1 Å². The van der Waals surface area contributed by atoms with Crippen molar-refractivity contribution in [1.29, 1.82) is 0 Å². The quantitative estimate of drug-likeness (QED) is 0.310. The number of hydrogen-bond acceptors (Lipinski definition) is 10. The third kappa shape index (κ3) is 8.48. The molecular weight excluding hydrogens is 604 g/mol. The molecule has 0 fully saturated rings. The molecule has 0 spiro atoms. The molecular formula is C25H28ClF2N5O6S2. The summed E-state index contributed by atoms with van der Waals surface area (Å²) >= 11 is 7.33. The molecule has 2 aromatic carbocycles. The zero-order chi connectivity index (χ0) is 30.5. The number of thiazole rings is 1. The Kier molecular flexibility index (Phi) is 10.1. The number of hydrogen-bond donors (Lipinski definition) is 2. The molecule has 0 atom stereocenters. The fourth-order valence-electron chi connectivity index (χ4n) is 3.19. The molecule has 41 heavy (non-hydrogen) atoms. The van der Waals surface area contributed by atoms with Crippen molar-refractivity contribution >= 4 is 62.3 Å². The molecule has 2 N–H and O–H groups in total. The van der Waals surface area contributed by atoms with Gasteiger partial charge in [-0.25, -0.2) is 31.8 Å². The van der Waals surface area contributed by atoms with E-state index in [1.54, 1.807) is 0 Å². The van der Waals surface area contributed by atoms with E-state index in [-0.39, 0.29) is 38.8 Å². The summed E-state index contributed by atoms with van der Waals surface area (Å²) in [7, 11) is -1.27. The van der Waals surface area contributed by atoms with Gasteiger partial charge < -0.3 is 25.0 Å². The molecule has 1 heterocycles. The van der Waals surface area contributed by atoms with Crippen molar-refractivity contribution < 1.29 is 36.3 Å². The van der Waals surface area contributed by atoms with Crippen LogP contribution in [-0.2, 0) is 14.8 Å². The Morgan fingerprint density at radius 3 is 2.44 bits per heavy atom. The third-order valence-electron chi connectivity index (χ3n) is 4.97. The summed E-state index contributed by atoms with van der Waals surface area (Å²) in [6.07, 6.45) is -2.15. The standard InChI is InChI=1S/C25H28ClF2N5O6S2/c1-25(2,3)39-24(35)33(22-13-40-14-30-22)41(36,37)21-11-16(26)19(12-17(21)28)31-18-7-6-15(27)10-20(18)38-23(34)29-8-9-32(4)5/h6-7,10-14,31H,8-9H2,1-5H3,(H,29,34). The van der Waals surface area contributed by atoms with Gasteiger partial charge in [0, 0.05) is 30.6 Å². The minimum atomic E-state index is -4.90. The summed E-state index contributed by atoms with van der Waals surface area (Å²) < 4.78 is 67.0. The summed E-state index contributed by atoms with van der Waals surface area (Å²) in [4.78, 5) is 29.8. The minimum Gasteiger partial charge on any atom is -0.443 e. The number of carbonyl (C=O) groups excluding carboxylic acids is 2. The van der Waals surface area contributed by atoms with Gasteiger partial charge in [0.1, 0.15) is 22.1 Å². The maximum Gasteiger partial charge on any atom is 0.430 e. The van der Waals surface area contributed by atoms with Crippen LogP contribution < -0.4 is 19.7 Å². The van der Waals surface area contributed by atoms with Crippen LogP contribution in [0.15, 0.2) is 46.1 Å². The molecule has 0 saturated carbocycles. The first kappa shape index (κ1) is 32.0. The lowest BCUT2D eigenvalue weighted by atomic mass is 10.2. The number of sulfonamides is 1. The van der Waals surface area contributed by atoms with Crippen molar-refractivity contribution in [3.05, 3.63) is 57.9 Å². The molecule has 0 bridgehead atoms. The van der Waals surface area contributed by atoms with E-state index in [0.29, 0.717) is 6.54 Å². The highest BCUT2D eigenvalue weighted by atomic mass is 35.5. The Bertz CT molecular complexity index is 1520. The van der Waals surface area contributed by atoms with E-state index in [2.05, 4.69) is 15.6 Å². The lowest BCUT2D eigenvalue weighted by Crippen LogP contribution is -2.41. The van der Waals surface area contributed by atoms with E-state index < -0.39 is 44.3 Å². The minimum absolute atomic E-state index is 0.0314. The van der Waals surface area contributed by atoms with Crippen LogP contribution in [0.1, 0.15) is 20.8 Å². The molecule has 0 radical (unpaired) electrons. The van der Waals surface area contributed by atoms with E-state index in [0.717, 1.165) is 35.6 Å². The molecule has 1 aromatic heterocycles. The van der Waals surface area contributed by atoms with Gasteiger partial charge in [0.05, 0.1) is 21.9 Å². The number of ether oxygens (including phenoxy) is 2. The number of halogens is 3. The molecule has 11 nitrogen and oxygen atoms in total. The number of aromatic nitrogens is 1. The summed E-state index contributed by atoms with van der Waals surface area (Å²) in [6.45, 7) is 5.40. The van der Waals surface area contributed by atoms with Crippen LogP contribution in [-0.4, -0.2) is 63.3 Å². The number of nitrogens with zero attached hydrogens (tertiary/aromatic N) is 3. The lowest BCUT2D eigenvalue weighted by molar-refractivity contribution is 0.0608. The topological polar surface area (TPSA) is 130 Å². The van der Waals surface area contributed by atoms with Crippen LogP contribution >= 0.6 is 22.9 Å². The van der Waals surface area contributed by atoms with Crippen molar-refractivity contribution in [3.63, 3.8) is 0 Å². The molecule has 3 rings (SSSR count). The van der Waals surface area contributed by atoms with Gasteiger partial charge in [-0.2, -0.15) is 0 Å². The third-order valence-corrected chi connectivity index (χ3v) is 7.54. The second kappa shape index (κ2) is 13.0.